The van der Waals surface area contributed by atoms with Gasteiger partial charge in [-0.15, -0.1) is 11.8 Å². The number of thioether (sulfide) groups is 1. The summed E-state index contributed by atoms with van der Waals surface area (Å²) in [6.07, 6.45) is 2.21. The van der Waals surface area contributed by atoms with Crippen molar-refractivity contribution in [2.45, 2.75) is 40.5 Å². The highest BCUT2D eigenvalue weighted by Gasteiger charge is 2.08. The van der Waals surface area contributed by atoms with Crippen LogP contribution < -0.4 is 0 Å². The third kappa shape index (κ3) is 4.51. The second-order valence-corrected chi connectivity index (χ2v) is 4.46. The highest BCUT2D eigenvalue weighted by Crippen LogP contribution is 2.29. The molecule has 0 aromatic carbocycles. The molecule has 0 saturated carbocycles. The van der Waals surface area contributed by atoms with Gasteiger partial charge in [-0.1, -0.05) is 27.7 Å². The molecule has 13 heavy (non-hydrogen) atoms. The SMILES string of the molecule is C=N/C(CC)=C(\SCCC)C(C)C. The number of hydrogen-bond acceptors (Lipinski definition) is 2. The second kappa shape index (κ2) is 7.19. The Balaban J connectivity index is 4.53. The van der Waals surface area contributed by atoms with E-state index in [1.807, 2.05) is 11.8 Å². The third-order valence-corrected chi connectivity index (χ3v) is 3.43. The van der Waals surface area contributed by atoms with Crippen LogP contribution in [0.3, 0.4) is 0 Å². The molecule has 0 fully saturated rings. The molecule has 0 saturated heterocycles. The largest absolute Gasteiger partial charge is 0.268 e. The van der Waals surface area contributed by atoms with Crippen LogP contribution in [0.15, 0.2) is 15.6 Å². The summed E-state index contributed by atoms with van der Waals surface area (Å²) in [5.74, 6) is 1.77. The lowest BCUT2D eigenvalue weighted by Crippen LogP contribution is -1.95. The second-order valence-electron chi connectivity index (χ2n) is 3.33. The van der Waals surface area contributed by atoms with Crippen LogP contribution in [0.25, 0.3) is 0 Å². The van der Waals surface area contributed by atoms with Crippen LogP contribution in [0.1, 0.15) is 40.5 Å². The van der Waals surface area contributed by atoms with Crippen LogP contribution in [0, 0.1) is 5.92 Å². The summed E-state index contributed by atoms with van der Waals surface area (Å²) in [4.78, 5) is 5.51. The molecule has 0 heterocycles. The monoisotopic (exact) mass is 199 g/mol. The van der Waals surface area contributed by atoms with Gasteiger partial charge >= 0.3 is 0 Å². The molecule has 1 nitrogen and oxygen atoms in total. The fraction of sp³-hybridized carbons (Fsp3) is 0.727. The summed E-state index contributed by atoms with van der Waals surface area (Å²) in [5.41, 5.74) is 1.17. The molecule has 0 spiro atoms. The molecule has 0 atom stereocenters. The lowest BCUT2D eigenvalue weighted by Gasteiger charge is -2.13. The first-order valence-corrected chi connectivity index (χ1v) is 5.98. The lowest BCUT2D eigenvalue weighted by atomic mass is 10.1. The molecule has 0 rings (SSSR count). The molecule has 0 N–H and O–H groups in total. The Morgan fingerprint density at radius 1 is 1.38 bits per heavy atom. The van der Waals surface area contributed by atoms with Crippen LogP contribution in [0.5, 0.6) is 0 Å². The van der Waals surface area contributed by atoms with Crippen molar-refractivity contribution in [1.82, 2.24) is 0 Å². The standard InChI is InChI=1S/C11H21NS/c1-6-8-13-11(9(3)4)10(7-2)12-5/h9H,5-8H2,1-4H3/b11-10-. The van der Waals surface area contributed by atoms with Gasteiger partial charge in [-0.2, -0.15) is 0 Å². The van der Waals surface area contributed by atoms with Gasteiger partial charge in [0.2, 0.25) is 0 Å². The topological polar surface area (TPSA) is 12.4 Å². The van der Waals surface area contributed by atoms with Crippen LogP contribution in [-0.2, 0) is 0 Å². The Hall–Kier alpha value is -0.240. The summed E-state index contributed by atoms with van der Waals surface area (Å²) in [5, 5.41) is 0. The molecule has 0 aliphatic heterocycles. The minimum atomic E-state index is 0.581. The van der Waals surface area contributed by atoms with E-state index in [2.05, 4.69) is 39.4 Å². The zero-order valence-electron chi connectivity index (χ0n) is 9.26. The van der Waals surface area contributed by atoms with Crippen LogP contribution in [0.2, 0.25) is 0 Å². The van der Waals surface area contributed by atoms with Gasteiger partial charge in [0.05, 0.1) is 0 Å². The van der Waals surface area contributed by atoms with Crippen molar-refractivity contribution >= 4 is 18.5 Å². The maximum atomic E-state index is 4.09. The predicted octanol–water partition coefficient (Wildman–Crippen LogP) is 4.11. The molecule has 0 unspecified atom stereocenters. The molecule has 76 valence electrons. The smallest absolute Gasteiger partial charge is 0.0491 e. The summed E-state index contributed by atoms with van der Waals surface area (Å²) in [6, 6.07) is 0. The van der Waals surface area contributed by atoms with Crippen molar-refractivity contribution in [1.29, 1.82) is 0 Å². The van der Waals surface area contributed by atoms with Gasteiger partial charge in [0.25, 0.3) is 0 Å². The van der Waals surface area contributed by atoms with Gasteiger partial charge in [-0.05, 0) is 31.2 Å². The Morgan fingerprint density at radius 3 is 2.31 bits per heavy atom. The van der Waals surface area contributed by atoms with E-state index in [1.165, 1.54) is 22.8 Å². The van der Waals surface area contributed by atoms with Gasteiger partial charge in [-0.25, -0.2) is 0 Å². The van der Waals surface area contributed by atoms with Gasteiger partial charge in [0.15, 0.2) is 0 Å². The highest BCUT2D eigenvalue weighted by atomic mass is 32.2. The Bertz CT molecular complexity index is 183. The first-order valence-electron chi connectivity index (χ1n) is 4.99. The maximum absolute atomic E-state index is 4.09. The van der Waals surface area contributed by atoms with Crippen LogP contribution in [-0.4, -0.2) is 12.5 Å². The normalized spacial score (nSPS) is 13.0. The molecule has 2 heteroatoms. The summed E-state index contributed by atoms with van der Waals surface area (Å²) in [7, 11) is 0. The quantitative estimate of drug-likeness (QED) is 0.586. The molecule has 0 aromatic heterocycles. The third-order valence-electron chi connectivity index (χ3n) is 1.80. The predicted molar refractivity (Wildman–Crippen MR) is 64.5 cm³/mol. The first-order chi connectivity index (χ1) is 6.17. The number of aliphatic imine (C=N–C) groups is 1. The number of allylic oxidation sites excluding steroid dienone is 2. The van der Waals surface area contributed by atoms with E-state index in [0.29, 0.717) is 5.92 Å². The van der Waals surface area contributed by atoms with E-state index in [1.54, 1.807) is 0 Å². The van der Waals surface area contributed by atoms with Crippen molar-refractivity contribution in [3.63, 3.8) is 0 Å². The van der Waals surface area contributed by atoms with E-state index in [9.17, 15) is 0 Å². The average molecular weight is 199 g/mol. The summed E-state index contributed by atoms with van der Waals surface area (Å²) in [6.45, 7) is 12.4. The Morgan fingerprint density at radius 2 is 2.00 bits per heavy atom. The van der Waals surface area contributed by atoms with Gasteiger partial charge < -0.3 is 0 Å². The van der Waals surface area contributed by atoms with Crippen molar-refractivity contribution in [3.05, 3.63) is 10.6 Å². The Labute approximate surface area is 86.7 Å². The lowest BCUT2D eigenvalue weighted by molar-refractivity contribution is 0.794. The van der Waals surface area contributed by atoms with E-state index in [-0.39, 0.29) is 0 Å². The van der Waals surface area contributed by atoms with Crippen molar-refractivity contribution in [3.8, 4) is 0 Å². The van der Waals surface area contributed by atoms with Crippen molar-refractivity contribution in [2.24, 2.45) is 10.9 Å². The molecule has 0 radical (unpaired) electrons. The first kappa shape index (κ1) is 12.8. The minimum Gasteiger partial charge on any atom is -0.268 e. The number of nitrogens with zero attached hydrogens (tertiary/aromatic N) is 1. The van der Waals surface area contributed by atoms with Crippen molar-refractivity contribution in [2.75, 3.05) is 5.75 Å². The molecule has 0 aliphatic carbocycles. The van der Waals surface area contributed by atoms with E-state index >= 15 is 0 Å². The van der Waals surface area contributed by atoms with E-state index < -0.39 is 0 Å². The molecule has 0 aliphatic rings. The number of rotatable bonds is 6. The zero-order valence-corrected chi connectivity index (χ0v) is 10.1. The van der Waals surface area contributed by atoms with Gasteiger partial charge in [-0.3, -0.25) is 4.99 Å². The van der Waals surface area contributed by atoms with Crippen LogP contribution >= 0.6 is 11.8 Å². The van der Waals surface area contributed by atoms with E-state index in [4.69, 9.17) is 0 Å². The fourth-order valence-electron chi connectivity index (χ4n) is 1.16. The Kier molecular flexibility index (Phi) is 7.06. The van der Waals surface area contributed by atoms with Gasteiger partial charge in [0.1, 0.15) is 0 Å². The summed E-state index contributed by atoms with van der Waals surface area (Å²) >= 11 is 1.93. The van der Waals surface area contributed by atoms with Crippen molar-refractivity contribution < 1.29 is 0 Å². The molecule has 0 aromatic rings. The minimum absolute atomic E-state index is 0.581. The fourth-order valence-corrected chi connectivity index (χ4v) is 2.29. The highest BCUT2D eigenvalue weighted by molar-refractivity contribution is 8.03. The number of hydrogen-bond donors (Lipinski definition) is 0. The zero-order chi connectivity index (χ0) is 10.3. The van der Waals surface area contributed by atoms with Crippen LogP contribution in [0.4, 0.5) is 0 Å². The maximum Gasteiger partial charge on any atom is 0.0491 e. The molecule has 0 amide bonds. The molecule has 0 bridgehead atoms. The molecular formula is C11H21NS. The summed E-state index contributed by atoms with van der Waals surface area (Å²) < 4.78 is 0. The van der Waals surface area contributed by atoms with E-state index in [0.717, 1.165) is 6.42 Å². The molecular weight excluding hydrogens is 178 g/mol. The van der Waals surface area contributed by atoms with Gasteiger partial charge in [0, 0.05) is 10.6 Å². The average Bonchev–Trinajstić information content (AvgIpc) is 2.11.